The van der Waals surface area contributed by atoms with E-state index in [4.69, 9.17) is 0 Å². The van der Waals surface area contributed by atoms with Crippen molar-refractivity contribution in [2.75, 3.05) is 20.6 Å². The van der Waals surface area contributed by atoms with Gasteiger partial charge in [0.1, 0.15) is 6.29 Å². The van der Waals surface area contributed by atoms with Crippen molar-refractivity contribution in [1.29, 1.82) is 0 Å². The van der Waals surface area contributed by atoms with Crippen molar-refractivity contribution >= 4 is 23.0 Å². The second-order valence-electron chi connectivity index (χ2n) is 6.22. The SMILES string of the molecule is CNCCC[C@H](NC)C(=O)NC(C=O)Cc1ccc2ccccc2c1. The fourth-order valence-corrected chi connectivity index (χ4v) is 2.93. The summed E-state index contributed by atoms with van der Waals surface area (Å²) in [7, 11) is 3.66. The van der Waals surface area contributed by atoms with Gasteiger partial charge in [-0.1, -0.05) is 42.5 Å². The van der Waals surface area contributed by atoms with E-state index in [0.717, 1.165) is 42.0 Å². The highest BCUT2D eigenvalue weighted by molar-refractivity contribution is 5.85. The molecule has 2 aromatic rings. The molecule has 25 heavy (non-hydrogen) atoms. The van der Waals surface area contributed by atoms with Gasteiger partial charge in [-0.15, -0.1) is 0 Å². The lowest BCUT2D eigenvalue weighted by atomic mass is 10.0. The van der Waals surface area contributed by atoms with Crippen LogP contribution in [0, 0.1) is 0 Å². The zero-order chi connectivity index (χ0) is 18.1. The second-order valence-corrected chi connectivity index (χ2v) is 6.22. The molecule has 0 fully saturated rings. The van der Waals surface area contributed by atoms with E-state index in [1.807, 2.05) is 37.4 Å². The third-order valence-corrected chi connectivity index (χ3v) is 4.35. The average Bonchev–Trinajstić information content (AvgIpc) is 2.64. The van der Waals surface area contributed by atoms with Crippen molar-refractivity contribution in [1.82, 2.24) is 16.0 Å². The minimum atomic E-state index is -0.520. The average molecular weight is 341 g/mol. The molecule has 1 unspecified atom stereocenters. The maximum absolute atomic E-state index is 12.4. The van der Waals surface area contributed by atoms with E-state index in [1.165, 1.54) is 0 Å². The molecule has 1 amide bonds. The van der Waals surface area contributed by atoms with Crippen molar-refractivity contribution < 1.29 is 9.59 Å². The molecule has 0 bridgehead atoms. The summed E-state index contributed by atoms with van der Waals surface area (Å²) in [6.45, 7) is 0.861. The Labute approximate surface area is 149 Å². The summed E-state index contributed by atoms with van der Waals surface area (Å²) in [4.78, 5) is 23.8. The molecule has 2 aromatic carbocycles. The Morgan fingerprint density at radius 3 is 2.56 bits per heavy atom. The van der Waals surface area contributed by atoms with Gasteiger partial charge in [0.2, 0.25) is 5.91 Å². The predicted molar refractivity (Wildman–Crippen MR) is 102 cm³/mol. The summed E-state index contributed by atoms with van der Waals surface area (Å²) in [6, 6.07) is 13.4. The van der Waals surface area contributed by atoms with Crippen LogP contribution in [0.5, 0.6) is 0 Å². The van der Waals surface area contributed by atoms with Crippen molar-refractivity contribution in [3.05, 3.63) is 48.0 Å². The number of amides is 1. The molecule has 0 spiro atoms. The monoisotopic (exact) mass is 341 g/mol. The number of aldehydes is 1. The molecule has 0 aromatic heterocycles. The normalized spacial score (nSPS) is 13.4. The first kappa shape index (κ1) is 19.1. The van der Waals surface area contributed by atoms with Crippen molar-refractivity contribution in [3.63, 3.8) is 0 Å². The number of benzene rings is 2. The molecule has 2 atom stereocenters. The summed E-state index contributed by atoms with van der Waals surface area (Å²) in [5.41, 5.74) is 1.03. The number of fused-ring (bicyclic) bond motifs is 1. The van der Waals surface area contributed by atoms with E-state index >= 15 is 0 Å². The molecule has 0 heterocycles. The van der Waals surface area contributed by atoms with E-state index in [-0.39, 0.29) is 11.9 Å². The first-order chi connectivity index (χ1) is 12.2. The van der Waals surface area contributed by atoms with E-state index in [9.17, 15) is 9.59 Å². The number of rotatable bonds is 10. The van der Waals surface area contributed by atoms with Crippen molar-refractivity contribution in [3.8, 4) is 0 Å². The minimum Gasteiger partial charge on any atom is -0.345 e. The Balaban J connectivity index is 1.98. The van der Waals surface area contributed by atoms with Crippen LogP contribution < -0.4 is 16.0 Å². The van der Waals surface area contributed by atoms with Gasteiger partial charge in [0.05, 0.1) is 12.1 Å². The van der Waals surface area contributed by atoms with Crippen LogP contribution in [0.25, 0.3) is 10.8 Å². The highest BCUT2D eigenvalue weighted by Crippen LogP contribution is 2.16. The van der Waals surface area contributed by atoms with Crippen LogP contribution in [0.15, 0.2) is 42.5 Å². The highest BCUT2D eigenvalue weighted by Gasteiger charge is 2.19. The number of carbonyl (C=O) groups excluding carboxylic acids is 2. The lowest BCUT2D eigenvalue weighted by Gasteiger charge is -2.19. The van der Waals surface area contributed by atoms with E-state index in [0.29, 0.717) is 6.42 Å². The van der Waals surface area contributed by atoms with Gasteiger partial charge in [-0.25, -0.2) is 0 Å². The van der Waals surface area contributed by atoms with Gasteiger partial charge >= 0.3 is 0 Å². The molecular formula is C20H27N3O2. The third-order valence-electron chi connectivity index (χ3n) is 4.35. The molecule has 0 aliphatic heterocycles. The molecule has 0 aliphatic rings. The predicted octanol–water partition coefficient (Wildman–Crippen LogP) is 1.65. The minimum absolute atomic E-state index is 0.128. The highest BCUT2D eigenvalue weighted by atomic mass is 16.2. The smallest absolute Gasteiger partial charge is 0.237 e. The largest absolute Gasteiger partial charge is 0.345 e. The summed E-state index contributed by atoms with van der Waals surface area (Å²) in [6.07, 6.45) is 2.93. The number of carbonyl (C=O) groups is 2. The van der Waals surface area contributed by atoms with Gasteiger partial charge in [-0.3, -0.25) is 4.79 Å². The fourth-order valence-electron chi connectivity index (χ4n) is 2.93. The molecule has 0 aliphatic carbocycles. The molecule has 5 nitrogen and oxygen atoms in total. The number of hydrogen-bond donors (Lipinski definition) is 3. The van der Waals surface area contributed by atoms with Crippen LogP contribution in [0.3, 0.4) is 0 Å². The molecule has 3 N–H and O–H groups in total. The van der Waals surface area contributed by atoms with Crippen molar-refractivity contribution in [2.24, 2.45) is 0 Å². The zero-order valence-corrected chi connectivity index (χ0v) is 14.9. The Bertz CT molecular complexity index is 702. The van der Waals surface area contributed by atoms with E-state index in [2.05, 4.69) is 28.1 Å². The summed E-state index contributed by atoms with van der Waals surface area (Å²) >= 11 is 0. The third kappa shape index (κ3) is 5.66. The Morgan fingerprint density at radius 2 is 1.88 bits per heavy atom. The standard InChI is InChI=1S/C20H27N3O2/c1-21-11-5-8-19(22-2)20(25)23-18(14-24)13-15-9-10-16-6-3-4-7-17(16)12-15/h3-4,6-7,9-10,12,14,18-19,21-22H,5,8,11,13H2,1-2H3,(H,23,25)/t18?,19-/m0/s1. The van der Waals surface area contributed by atoms with Crippen LogP contribution >= 0.6 is 0 Å². The van der Waals surface area contributed by atoms with Crippen molar-refractivity contribution in [2.45, 2.75) is 31.3 Å². The van der Waals surface area contributed by atoms with Crippen LogP contribution in [0.4, 0.5) is 0 Å². The maximum Gasteiger partial charge on any atom is 0.237 e. The molecule has 134 valence electrons. The molecule has 5 heteroatoms. The first-order valence-electron chi connectivity index (χ1n) is 8.73. The lowest BCUT2D eigenvalue weighted by Crippen LogP contribution is -2.48. The molecule has 0 saturated carbocycles. The summed E-state index contributed by atoms with van der Waals surface area (Å²) in [5.74, 6) is -0.128. The van der Waals surface area contributed by atoms with E-state index in [1.54, 1.807) is 7.05 Å². The zero-order valence-electron chi connectivity index (χ0n) is 14.9. The Morgan fingerprint density at radius 1 is 1.12 bits per heavy atom. The van der Waals surface area contributed by atoms with Gasteiger partial charge in [0.15, 0.2) is 0 Å². The Hall–Kier alpha value is -2.24. The number of likely N-dealkylation sites (N-methyl/N-ethyl adjacent to an activating group) is 1. The van der Waals surface area contributed by atoms with E-state index < -0.39 is 6.04 Å². The van der Waals surface area contributed by atoms with Gasteiger partial charge in [0, 0.05) is 0 Å². The quantitative estimate of drug-likeness (QED) is 0.454. The van der Waals surface area contributed by atoms with Crippen LogP contribution in [0.2, 0.25) is 0 Å². The molecular weight excluding hydrogens is 314 g/mol. The number of nitrogens with one attached hydrogen (secondary N) is 3. The summed E-state index contributed by atoms with van der Waals surface area (Å²) < 4.78 is 0. The molecule has 2 rings (SSSR count). The van der Waals surface area contributed by atoms with Crippen LogP contribution in [0.1, 0.15) is 18.4 Å². The van der Waals surface area contributed by atoms with Gasteiger partial charge in [-0.05, 0) is 56.2 Å². The second kappa shape index (κ2) is 9.91. The molecule has 0 saturated heterocycles. The Kier molecular flexibility index (Phi) is 7.57. The van der Waals surface area contributed by atoms with Gasteiger partial charge < -0.3 is 20.7 Å². The maximum atomic E-state index is 12.4. The van der Waals surface area contributed by atoms with Crippen LogP contribution in [-0.2, 0) is 16.0 Å². The number of hydrogen-bond acceptors (Lipinski definition) is 4. The van der Waals surface area contributed by atoms with Gasteiger partial charge in [-0.2, -0.15) is 0 Å². The van der Waals surface area contributed by atoms with Crippen LogP contribution in [-0.4, -0.2) is 44.9 Å². The topological polar surface area (TPSA) is 70.2 Å². The summed E-state index contributed by atoms with van der Waals surface area (Å²) in [5, 5.41) is 11.2. The lowest BCUT2D eigenvalue weighted by molar-refractivity contribution is -0.125. The fraction of sp³-hybridized carbons (Fsp3) is 0.400. The first-order valence-corrected chi connectivity index (χ1v) is 8.73. The molecule has 0 radical (unpaired) electrons. The van der Waals surface area contributed by atoms with Gasteiger partial charge in [0.25, 0.3) is 0 Å².